The van der Waals surface area contributed by atoms with E-state index in [9.17, 15) is 9.18 Å². The minimum atomic E-state index is -0.505. The molecule has 0 unspecified atom stereocenters. The third-order valence-corrected chi connectivity index (χ3v) is 4.30. The van der Waals surface area contributed by atoms with Gasteiger partial charge in [0.25, 0.3) is 5.91 Å². The number of nitrogens with zero attached hydrogens (tertiary/aromatic N) is 2. The van der Waals surface area contributed by atoms with E-state index in [1.165, 1.54) is 36.0 Å². The van der Waals surface area contributed by atoms with E-state index in [2.05, 4.69) is 0 Å². The van der Waals surface area contributed by atoms with E-state index in [0.29, 0.717) is 5.49 Å². The highest BCUT2D eigenvalue weighted by Gasteiger charge is 2.16. The molecule has 1 aromatic carbocycles. The van der Waals surface area contributed by atoms with Gasteiger partial charge in [-0.1, -0.05) is 31.4 Å². The van der Waals surface area contributed by atoms with Crippen LogP contribution in [-0.4, -0.2) is 16.5 Å². The zero-order valence-electron chi connectivity index (χ0n) is 13.3. The zero-order chi connectivity index (χ0) is 16.2. The third-order valence-electron chi connectivity index (χ3n) is 4.30. The number of aromatic nitrogens is 1. The van der Waals surface area contributed by atoms with Gasteiger partial charge in [0.2, 0.25) is 0 Å². The van der Waals surface area contributed by atoms with Crippen molar-refractivity contribution >= 4 is 5.91 Å². The van der Waals surface area contributed by atoms with Crippen molar-refractivity contribution in [3.63, 3.8) is 0 Å². The SMILES string of the molecule is Cc1ccn(C(=O)c2ccccc2F)c(=NC2CCCCC2)c1. The minimum absolute atomic E-state index is 0.0708. The van der Waals surface area contributed by atoms with Gasteiger partial charge < -0.3 is 0 Å². The van der Waals surface area contributed by atoms with Crippen LogP contribution in [0.15, 0.2) is 47.6 Å². The van der Waals surface area contributed by atoms with Gasteiger partial charge in [-0.3, -0.25) is 14.4 Å². The maximum Gasteiger partial charge on any atom is 0.266 e. The Balaban J connectivity index is 2.04. The van der Waals surface area contributed by atoms with Gasteiger partial charge in [-0.05, 0) is 49.6 Å². The van der Waals surface area contributed by atoms with E-state index >= 15 is 0 Å². The fraction of sp³-hybridized carbons (Fsp3) is 0.368. The molecule has 120 valence electrons. The molecule has 1 saturated carbocycles. The molecular formula is C19H21FN2O. The number of hydrogen-bond acceptors (Lipinski definition) is 2. The van der Waals surface area contributed by atoms with E-state index in [1.807, 2.05) is 19.1 Å². The molecule has 3 rings (SSSR count). The Morgan fingerprint density at radius 1 is 1.17 bits per heavy atom. The van der Waals surface area contributed by atoms with Crippen molar-refractivity contribution in [3.05, 3.63) is 65.0 Å². The molecule has 0 atom stereocenters. The fourth-order valence-corrected chi connectivity index (χ4v) is 3.02. The molecule has 0 amide bonds. The lowest BCUT2D eigenvalue weighted by Crippen LogP contribution is -2.30. The van der Waals surface area contributed by atoms with Gasteiger partial charge in [-0.2, -0.15) is 0 Å². The van der Waals surface area contributed by atoms with Gasteiger partial charge in [0.15, 0.2) is 0 Å². The van der Waals surface area contributed by atoms with Gasteiger partial charge in [0.05, 0.1) is 11.6 Å². The highest BCUT2D eigenvalue weighted by atomic mass is 19.1. The largest absolute Gasteiger partial charge is 0.268 e. The Kier molecular flexibility index (Phi) is 4.70. The molecule has 1 heterocycles. The molecule has 0 N–H and O–H groups in total. The first kappa shape index (κ1) is 15.7. The number of aryl methyl sites for hydroxylation is 1. The van der Waals surface area contributed by atoms with Crippen molar-refractivity contribution in [2.75, 3.05) is 0 Å². The summed E-state index contributed by atoms with van der Waals surface area (Å²) in [7, 11) is 0. The molecule has 3 nitrogen and oxygen atoms in total. The highest BCUT2D eigenvalue weighted by Crippen LogP contribution is 2.19. The van der Waals surface area contributed by atoms with E-state index in [4.69, 9.17) is 4.99 Å². The lowest BCUT2D eigenvalue weighted by Gasteiger charge is -2.18. The number of halogens is 1. The van der Waals surface area contributed by atoms with Gasteiger partial charge in [0, 0.05) is 6.20 Å². The Hall–Kier alpha value is -2.23. The highest BCUT2D eigenvalue weighted by molar-refractivity contribution is 5.96. The van der Waals surface area contributed by atoms with Crippen LogP contribution >= 0.6 is 0 Å². The number of carbonyl (C=O) groups is 1. The number of rotatable bonds is 2. The van der Waals surface area contributed by atoms with Gasteiger partial charge in [-0.15, -0.1) is 0 Å². The first-order valence-corrected chi connectivity index (χ1v) is 8.17. The second-order valence-corrected chi connectivity index (χ2v) is 6.14. The van der Waals surface area contributed by atoms with Crippen LogP contribution in [0.2, 0.25) is 0 Å². The Morgan fingerprint density at radius 3 is 2.65 bits per heavy atom. The summed E-state index contributed by atoms with van der Waals surface area (Å²) in [5, 5.41) is 0. The molecule has 4 heteroatoms. The predicted molar refractivity (Wildman–Crippen MR) is 87.7 cm³/mol. The molecule has 2 aromatic rings. The van der Waals surface area contributed by atoms with E-state index in [-0.39, 0.29) is 17.5 Å². The molecule has 0 spiro atoms. The quantitative estimate of drug-likeness (QED) is 0.829. The predicted octanol–water partition coefficient (Wildman–Crippen LogP) is 3.86. The third kappa shape index (κ3) is 3.58. The van der Waals surface area contributed by atoms with Crippen LogP contribution in [0, 0.1) is 12.7 Å². The van der Waals surface area contributed by atoms with Crippen molar-refractivity contribution in [1.82, 2.24) is 4.57 Å². The van der Waals surface area contributed by atoms with Crippen molar-refractivity contribution in [3.8, 4) is 0 Å². The summed E-state index contributed by atoms with van der Waals surface area (Å²) in [4.78, 5) is 17.5. The van der Waals surface area contributed by atoms with Crippen molar-refractivity contribution in [2.24, 2.45) is 4.99 Å². The summed E-state index contributed by atoms with van der Waals surface area (Å²) in [6.45, 7) is 1.97. The minimum Gasteiger partial charge on any atom is -0.268 e. The van der Waals surface area contributed by atoms with Crippen LogP contribution in [0.3, 0.4) is 0 Å². The smallest absolute Gasteiger partial charge is 0.266 e. The maximum atomic E-state index is 13.9. The average molecular weight is 312 g/mol. The lowest BCUT2D eigenvalue weighted by atomic mass is 9.96. The zero-order valence-corrected chi connectivity index (χ0v) is 13.3. The summed E-state index contributed by atoms with van der Waals surface area (Å²) in [5.74, 6) is -0.883. The molecule has 1 aliphatic carbocycles. The summed E-state index contributed by atoms with van der Waals surface area (Å²) < 4.78 is 15.4. The average Bonchev–Trinajstić information content (AvgIpc) is 2.56. The fourth-order valence-electron chi connectivity index (χ4n) is 3.02. The summed E-state index contributed by atoms with van der Waals surface area (Å²) >= 11 is 0. The molecule has 0 radical (unpaired) electrons. The van der Waals surface area contributed by atoms with Gasteiger partial charge in [-0.25, -0.2) is 4.39 Å². The summed E-state index contributed by atoms with van der Waals surface area (Å²) in [6, 6.07) is 10.1. The van der Waals surface area contributed by atoms with E-state index in [0.717, 1.165) is 18.4 Å². The number of carbonyl (C=O) groups excluding carboxylic acids is 1. The maximum absolute atomic E-state index is 13.9. The topological polar surface area (TPSA) is 34.4 Å². The first-order valence-electron chi connectivity index (χ1n) is 8.17. The molecule has 1 fully saturated rings. The van der Waals surface area contributed by atoms with Gasteiger partial charge in [0.1, 0.15) is 11.3 Å². The molecule has 23 heavy (non-hydrogen) atoms. The summed E-state index contributed by atoms with van der Waals surface area (Å²) in [6.07, 6.45) is 7.42. The Labute approximate surface area is 135 Å². The van der Waals surface area contributed by atoms with Gasteiger partial charge >= 0.3 is 0 Å². The number of hydrogen-bond donors (Lipinski definition) is 0. The van der Waals surface area contributed by atoms with E-state index < -0.39 is 5.82 Å². The molecule has 1 aliphatic rings. The Bertz CT molecular complexity index is 773. The normalized spacial score (nSPS) is 16.5. The molecule has 0 saturated heterocycles. The van der Waals surface area contributed by atoms with E-state index in [1.54, 1.807) is 18.3 Å². The molecule has 0 bridgehead atoms. The van der Waals surface area contributed by atoms with Crippen LogP contribution < -0.4 is 5.49 Å². The van der Waals surface area contributed by atoms with Crippen LogP contribution in [0.25, 0.3) is 0 Å². The molecule has 1 aromatic heterocycles. The van der Waals surface area contributed by atoms with Crippen LogP contribution in [0.5, 0.6) is 0 Å². The van der Waals surface area contributed by atoms with Crippen LogP contribution in [0.4, 0.5) is 4.39 Å². The van der Waals surface area contributed by atoms with Crippen molar-refractivity contribution < 1.29 is 9.18 Å². The molecular weight excluding hydrogens is 291 g/mol. The monoisotopic (exact) mass is 312 g/mol. The number of pyridine rings is 1. The molecule has 0 aliphatic heterocycles. The van der Waals surface area contributed by atoms with Crippen molar-refractivity contribution in [2.45, 2.75) is 45.1 Å². The summed E-state index contributed by atoms with van der Waals surface area (Å²) in [5.41, 5.74) is 1.73. The first-order chi connectivity index (χ1) is 11.1. The van der Waals surface area contributed by atoms with Crippen LogP contribution in [-0.2, 0) is 0 Å². The lowest BCUT2D eigenvalue weighted by molar-refractivity contribution is 0.0950. The van der Waals surface area contributed by atoms with Crippen LogP contribution in [0.1, 0.15) is 48.0 Å². The number of benzene rings is 1. The second kappa shape index (κ2) is 6.90. The second-order valence-electron chi connectivity index (χ2n) is 6.14. The van der Waals surface area contributed by atoms with Crippen molar-refractivity contribution in [1.29, 1.82) is 0 Å². The Morgan fingerprint density at radius 2 is 1.91 bits per heavy atom. The standard InChI is InChI=1S/C19H21FN2O/c1-14-11-12-22(19(23)16-9-5-6-10-17(16)20)18(13-14)21-15-7-3-2-4-8-15/h5-6,9-13,15H,2-4,7-8H2,1H3.